The first-order valence-electron chi connectivity index (χ1n) is 10.6. The van der Waals surface area contributed by atoms with Gasteiger partial charge in [-0.3, -0.25) is 0 Å². The fourth-order valence-electron chi connectivity index (χ4n) is 3.94. The van der Waals surface area contributed by atoms with E-state index in [2.05, 4.69) is 9.88 Å². The topological polar surface area (TPSA) is 50.6 Å². The number of aromatic nitrogens is 2. The van der Waals surface area contributed by atoms with Gasteiger partial charge in [-0.05, 0) is 55.8 Å². The van der Waals surface area contributed by atoms with E-state index in [1.54, 1.807) is 26.0 Å². The lowest BCUT2D eigenvalue weighted by Gasteiger charge is -2.33. The molecule has 0 N–H and O–H groups in total. The molecule has 0 unspecified atom stereocenters. The van der Waals surface area contributed by atoms with Crippen LogP contribution in [0.15, 0.2) is 24.3 Å². The Labute approximate surface area is 198 Å². The summed E-state index contributed by atoms with van der Waals surface area (Å²) in [5.41, 5.74) is 2.38. The molecule has 1 saturated heterocycles. The predicted octanol–water partition coefficient (Wildman–Crippen LogP) is 4.71. The molecule has 34 heavy (non-hydrogen) atoms. The summed E-state index contributed by atoms with van der Waals surface area (Å²) in [6, 6.07) is 6.15. The van der Waals surface area contributed by atoms with Crippen molar-refractivity contribution in [2.24, 2.45) is 0 Å². The summed E-state index contributed by atoms with van der Waals surface area (Å²) in [5.74, 6) is -2.54. The number of hydrogen-bond acceptors (Lipinski definition) is 5. The minimum absolute atomic E-state index is 0.0325. The Kier molecular flexibility index (Phi) is 6.48. The van der Waals surface area contributed by atoms with Gasteiger partial charge in [0, 0.05) is 26.2 Å². The molecule has 1 aliphatic rings. The maximum Gasteiger partial charge on any atom is 0.491 e. The van der Waals surface area contributed by atoms with Crippen LogP contribution in [0.3, 0.4) is 0 Å². The molecule has 3 aromatic rings. The van der Waals surface area contributed by atoms with E-state index < -0.39 is 18.0 Å². The molecular weight excluding hydrogens is 476 g/mol. The largest absolute Gasteiger partial charge is 0.491 e. The average molecular weight is 499 g/mol. The van der Waals surface area contributed by atoms with Gasteiger partial charge in [0.05, 0.1) is 17.1 Å². The minimum atomic E-state index is -5.14. The molecule has 0 aliphatic carbocycles. The number of likely N-dealkylation sites (N-methyl/N-ethyl adjacent to an activating group) is 1. The van der Waals surface area contributed by atoms with E-state index in [1.807, 2.05) is 16.5 Å². The van der Waals surface area contributed by atoms with Crippen molar-refractivity contribution < 1.29 is 27.1 Å². The molecule has 4 rings (SSSR count). The third kappa shape index (κ3) is 4.69. The van der Waals surface area contributed by atoms with Gasteiger partial charge in [0.2, 0.25) is 5.95 Å². The highest BCUT2D eigenvalue weighted by Gasteiger charge is 2.42. The number of aryl methyl sites for hydroxylation is 1. The molecule has 11 heteroatoms. The second-order valence-electron chi connectivity index (χ2n) is 8.44. The Balaban J connectivity index is 1.88. The normalized spacial score (nSPS) is 15.2. The number of anilines is 1. The summed E-state index contributed by atoms with van der Waals surface area (Å²) in [7, 11) is 2.00. The van der Waals surface area contributed by atoms with E-state index >= 15 is 0 Å². The Morgan fingerprint density at radius 2 is 1.82 bits per heavy atom. The Hall–Kier alpha value is -2.85. The maximum atomic E-state index is 13.7. The number of alkyl halides is 3. The van der Waals surface area contributed by atoms with Crippen LogP contribution in [0, 0.1) is 19.7 Å². The quantitative estimate of drug-likeness (QED) is 0.296. The number of halogens is 5. The van der Waals surface area contributed by atoms with Crippen molar-refractivity contribution in [1.82, 2.24) is 14.5 Å². The standard InChI is InChI=1S/C23H23ClF4N4O2/c1-13-10-18-19(20(14(13)2)34-21(33)23(26,27)28)29-22(31-8-6-30(3)7-9-31)32(18)12-15-4-5-17(25)16(24)11-15/h4-5,10-11H,6-9,12H2,1-3H3. The summed E-state index contributed by atoms with van der Waals surface area (Å²) in [4.78, 5) is 20.5. The second-order valence-corrected chi connectivity index (χ2v) is 8.85. The lowest BCUT2D eigenvalue weighted by atomic mass is 10.1. The van der Waals surface area contributed by atoms with Crippen molar-refractivity contribution in [3.8, 4) is 5.75 Å². The molecule has 182 valence electrons. The van der Waals surface area contributed by atoms with Gasteiger partial charge < -0.3 is 19.1 Å². The van der Waals surface area contributed by atoms with E-state index in [9.17, 15) is 22.4 Å². The second kappa shape index (κ2) is 9.07. The van der Waals surface area contributed by atoms with Crippen LogP contribution >= 0.6 is 11.6 Å². The van der Waals surface area contributed by atoms with Crippen LogP contribution in [0.5, 0.6) is 5.75 Å². The average Bonchev–Trinajstić information content (AvgIpc) is 3.11. The third-order valence-corrected chi connectivity index (χ3v) is 6.31. The number of hydrogen-bond donors (Lipinski definition) is 0. The van der Waals surface area contributed by atoms with Crippen LogP contribution in [0.2, 0.25) is 5.02 Å². The third-order valence-electron chi connectivity index (χ3n) is 6.02. The van der Waals surface area contributed by atoms with E-state index in [1.165, 1.54) is 12.1 Å². The zero-order valence-electron chi connectivity index (χ0n) is 18.8. The maximum absolute atomic E-state index is 13.7. The predicted molar refractivity (Wildman–Crippen MR) is 121 cm³/mol. The lowest BCUT2D eigenvalue weighted by molar-refractivity contribution is -0.189. The van der Waals surface area contributed by atoms with E-state index in [0.717, 1.165) is 13.1 Å². The number of piperazine rings is 1. The first kappa shape index (κ1) is 24.3. The van der Waals surface area contributed by atoms with Gasteiger partial charge in [0.15, 0.2) is 5.75 Å². The fourth-order valence-corrected chi connectivity index (χ4v) is 4.14. The van der Waals surface area contributed by atoms with Crippen molar-refractivity contribution in [2.45, 2.75) is 26.6 Å². The first-order valence-corrected chi connectivity index (χ1v) is 11.0. The molecule has 1 aromatic heterocycles. The zero-order valence-corrected chi connectivity index (χ0v) is 19.6. The number of ether oxygens (including phenoxy) is 1. The molecule has 0 amide bonds. The SMILES string of the molecule is Cc1cc2c(nc(N3CCN(C)CC3)n2Cc2ccc(F)c(Cl)c2)c(OC(=O)C(F)(F)F)c1C. The van der Waals surface area contributed by atoms with Crippen LogP contribution < -0.4 is 9.64 Å². The summed E-state index contributed by atoms with van der Waals surface area (Å²) in [5, 5.41) is -0.0325. The summed E-state index contributed by atoms with van der Waals surface area (Å²) in [6.07, 6.45) is -5.14. The highest BCUT2D eigenvalue weighted by Crippen LogP contribution is 2.36. The van der Waals surface area contributed by atoms with Gasteiger partial charge in [-0.25, -0.2) is 14.2 Å². The molecule has 0 radical (unpaired) electrons. The molecule has 1 aliphatic heterocycles. The van der Waals surface area contributed by atoms with Gasteiger partial charge in [-0.2, -0.15) is 13.2 Å². The highest BCUT2D eigenvalue weighted by atomic mass is 35.5. The molecule has 6 nitrogen and oxygen atoms in total. The van der Waals surface area contributed by atoms with Crippen molar-refractivity contribution in [2.75, 3.05) is 38.1 Å². The number of benzene rings is 2. The van der Waals surface area contributed by atoms with E-state index in [4.69, 9.17) is 16.3 Å². The number of imidazole rings is 1. The van der Waals surface area contributed by atoms with Gasteiger partial charge in [0.1, 0.15) is 11.3 Å². The Morgan fingerprint density at radius 1 is 1.15 bits per heavy atom. The summed E-state index contributed by atoms with van der Waals surface area (Å²) in [6.45, 7) is 6.41. The van der Waals surface area contributed by atoms with Gasteiger partial charge in [-0.1, -0.05) is 17.7 Å². The molecule has 1 fully saturated rings. The number of carbonyl (C=O) groups excluding carboxylic acids is 1. The van der Waals surface area contributed by atoms with Crippen LogP contribution in [0.1, 0.15) is 16.7 Å². The lowest BCUT2D eigenvalue weighted by Crippen LogP contribution is -2.45. The fraction of sp³-hybridized carbons (Fsp3) is 0.391. The van der Waals surface area contributed by atoms with Gasteiger partial charge >= 0.3 is 12.1 Å². The number of rotatable bonds is 4. The summed E-state index contributed by atoms with van der Waals surface area (Å²) < 4.78 is 59.3. The van der Waals surface area contributed by atoms with Gasteiger partial charge in [-0.15, -0.1) is 0 Å². The Bertz CT molecular complexity index is 1250. The molecule has 0 atom stereocenters. The zero-order chi connectivity index (χ0) is 24.8. The van der Waals surface area contributed by atoms with E-state index in [0.29, 0.717) is 41.2 Å². The first-order chi connectivity index (χ1) is 16.0. The van der Waals surface area contributed by atoms with Crippen LogP contribution in [0.25, 0.3) is 11.0 Å². The number of nitrogens with zero attached hydrogens (tertiary/aromatic N) is 4. The molecule has 0 spiro atoms. The van der Waals surface area contributed by atoms with Crippen LogP contribution in [-0.4, -0.2) is 59.8 Å². The van der Waals surface area contributed by atoms with Crippen LogP contribution in [0.4, 0.5) is 23.5 Å². The summed E-state index contributed by atoms with van der Waals surface area (Å²) >= 11 is 5.97. The molecule has 0 saturated carbocycles. The molecular formula is C23H23ClF4N4O2. The van der Waals surface area contributed by atoms with Gasteiger partial charge in [0.25, 0.3) is 0 Å². The van der Waals surface area contributed by atoms with E-state index in [-0.39, 0.29) is 22.8 Å². The smallest absolute Gasteiger partial charge is 0.417 e. The van der Waals surface area contributed by atoms with Crippen molar-refractivity contribution in [3.63, 3.8) is 0 Å². The number of fused-ring (bicyclic) bond motifs is 1. The molecule has 2 aromatic carbocycles. The number of carbonyl (C=O) groups is 1. The van der Waals surface area contributed by atoms with Crippen molar-refractivity contribution in [3.05, 3.63) is 51.8 Å². The van der Waals surface area contributed by atoms with Crippen LogP contribution in [-0.2, 0) is 11.3 Å². The Morgan fingerprint density at radius 3 is 2.44 bits per heavy atom. The monoisotopic (exact) mass is 498 g/mol. The molecule has 0 bridgehead atoms. The van der Waals surface area contributed by atoms with Crippen molar-refractivity contribution in [1.29, 1.82) is 0 Å². The van der Waals surface area contributed by atoms with Crippen molar-refractivity contribution >= 4 is 34.6 Å². The number of esters is 1. The minimum Gasteiger partial charge on any atom is -0.417 e. The molecule has 2 heterocycles. The highest BCUT2D eigenvalue weighted by molar-refractivity contribution is 6.30.